The normalized spacial score (nSPS) is 17.3. The van der Waals surface area contributed by atoms with E-state index in [1.165, 1.54) is 44.7 Å². The minimum absolute atomic E-state index is 0.331. The summed E-state index contributed by atoms with van der Waals surface area (Å²) in [4.78, 5) is 75.2. The van der Waals surface area contributed by atoms with Gasteiger partial charge in [0.15, 0.2) is 0 Å². The number of fused-ring (bicyclic) bond motifs is 1. The van der Waals surface area contributed by atoms with Crippen LogP contribution in [0, 0.1) is 6.92 Å². The number of anilines is 1. The van der Waals surface area contributed by atoms with Crippen LogP contribution in [0.15, 0.2) is 33.5 Å². The van der Waals surface area contributed by atoms with E-state index >= 15 is 0 Å². The average Bonchev–Trinajstić information content (AvgIpc) is 3.32. The molecule has 1 saturated heterocycles. The van der Waals surface area contributed by atoms with Crippen LogP contribution < -0.4 is 26.9 Å². The van der Waals surface area contributed by atoms with E-state index < -0.39 is 53.4 Å². The fourth-order valence-corrected chi connectivity index (χ4v) is 4.35. The minimum atomic E-state index is -0.920. The van der Waals surface area contributed by atoms with Crippen LogP contribution in [0.1, 0.15) is 46.1 Å². The number of carbonyl (C=O) groups is 5. The molecule has 12 heteroatoms. The predicted octanol–water partition coefficient (Wildman–Crippen LogP) is 0.565. The Bertz CT molecular complexity index is 1320. The summed E-state index contributed by atoms with van der Waals surface area (Å²) >= 11 is 0. The first-order chi connectivity index (χ1) is 17.9. The Kier molecular flexibility index (Phi) is 8.87. The molecule has 0 unspecified atom stereocenters. The Morgan fingerprint density at radius 1 is 0.947 bits per heavy atom. The third-order valence-corrected chi connectivity index (χ3v) is 6.35. The van der Waals surface area contributed by atoms with Gasteiger partial charge in [-0.2, -0.15) is 0 Å². The maximum Gasteiger partial charge on any atom is 0.336 e. The Morgan fingerprint density at radius 2 is 1.63 bits per heavy atom. The molecule has 204 valence electrons. The first-order valence-electron chi connectivity index (χ1n) is 12.4. The van der Waals surface area contributed by atoms with E-state index in [1.807, 2.05) is 0 Å². The van der Waals surface area contributed by atoms with Gasteiger partial charge >= 0.3 is 5.63 Å². The van der Waals surface area contributed by atoms with E-state index in [9.17, 15) is 28.8 Å². The van der Waals surface area contributed by atoms with Crippen LogP contribution >= 0.6 is 0 Å². The summed E-state index contributed by atoms with van der Waals surface area (Å²) in [6.07, 6.45) is 1.01. The number of nitrogens with one attached hydrogen (secondary N) is 4. The summed E-state index contributed by atoms with van der Waals surface area (Å²) in [5, 5.41) is 11.1. The summed E-state index contributed by atoms with van der Waals surface area (Å²) in [6, 6.07) is 2.88. The SMILES string of the molecule is CC(=O)N[C@@H](C)C(=O)N[C@@H](C)C(=O)N1CCC[C@H]1C(=O)N[C@@H](C)C(=O)Nc1ccc2c(C)cc(=O)oc2c1. The van der Waals surface area contributed by atoms with Gasteiger partial charge in [-0.3, -0.25) is 24.0 Å². The summed E-state index contributed by atoms with van der Waals surface area (Å²) in [5.41, 5.74) is 0.984. The standard InChI is InChI=1S/C26H33N5O7/c1-13-11-22(33)38-21-12-18(8-9-19(13)21)30-24(35)15(3)28-25(36)20-7-6-10-31(20)26(37)16(4)29-23(34)14(2)27-17(5)32/h8-9,11-12,14-16,20H,6-7,10H2,1-5H3,(H,27,32)(H,28,36)(H,29,34)(H,30,35)/t14-,15-,16-,20-/m0/s1. The van der Waals surface area contributed by atoms with Crippen molar-refractivity contribution < 1.29 is 28.4 Å². The first kappa shape index (κ1) is 28.4. The summed E-state index contributed by atoms with van der Waals surface area (Å²) < 4.78 is 5.21. The van der Waals surface area contributed by atoms with Crippen molar-refractivity contribution >= 4 is 46.2 Å². The van der Waals surface area contributed by atoms with Crippen molar-refractivity contribution in [3.63, 3.8) is 0 Å². The molecular formula is C26H33N5O7. The van der Waals surface area contributed by atoms with Crippen molar-refractivity contribution in [3.05, 3.63) is 40.2 Å². The van der Waals surface area contributed by atoms with Crippen LogP contribution in [-0.4, -0.2) is 65.1 Å². The van der Waals surface area contributed by atoms with Gasteiger partial charge in [0, 0.05) is 36.7 Å². The number of likely N-dealkylation sites (tertiary alicyclic amines) is 1. The average molecular weight is 528 g/mol. The van der Waals surface area contributed by atoms with E-state index in [1.54, 1.807) is 19.1 Å². The lowest BCUT2D eigenvalue weighted by molar-refractivity contribution is -0.141. The highest BCUT2D eigenvalue weighted by Crippen LogP contribution is 2.21. The second kappa shape index (κ2) is 11.9. The number of rotatable bonds is 8. The molecule has 1 aromatic heterocycles. The lowest BCUT2D eigenvalue weighted by Gasteiger charge is -2.28. The van der Waals surface area contributed by atoms with Crippen molar-refractivity contribution in [2.45, 2.75) is 71.6 Å². The molecule has 3 rings (SSSR count). The monoisotopic (exact) mass is 527 g/mol. The van der Waals surface area contributed by atoms with Gasteiger partial charge in [0.2, 0.25) is 29.5 Å². The number of benzene rings is 1. The maximum atomic E-state index is 13.0. The molecule has 1 aliphatic rings. The van der Waals surface area contributed by atoms with Crippen molar-refractivity contribution in [2.24, 2.45) is 0 Å². The largest absolute Gasteiger partial charge is 0.423 e. The molecule has 0 radical (unpaired) electrons. The fraction of sp³-hybridized carbons (Fsp3) is 0.462. The van der Waals surface area contributed by atoms with Crippen LogP contribution in [0.5, 0.6) is 0 Å². The highest BCUT2D eigenvalue weighted by Gasteiger charge is 2.37. The third-order valence-electron chi connectivity index (χ3n) is 6.35. The van der Waals surface area contributed by atoms with Crippen molar-refractivity contribution in [3.8, 4) is 0 Å². The second-order valence-electron chi connectivity index (χ2n) is 9.52. The topological polar surface area (TPSA) is 167 Å². The van der Waals surface area contributed by atoms with Crippen LogP contribution in [0.2, 0.25) is 0 Å². The molecule has 0 bridgehead atoms. The molecule has 2 aromatic rings. The van der Waals surface area contributed by atoms with Crippen LogP contribution in [0.3, 0.4) is 0 Å². The van der Waals surface area contributed by atoms with Crippen LogP contribution in [0.4, 0.5) is 5.69 Å². The molecule has 2 heterocycles. The molecule has 1 aliphatic heterocycles. The molecule has 5 amide bonds. The Balaban J connectivity index is 1.59. The Labute approximate surface area is 219 Å². The number of hydrogen-bond acceptors (Lipinski definition) is 7. The lowest BCUT2D eigenvalue weighted by Crippen LogP contribution is -2.56. The number of nitrogens with zero attached hydrogens (tertiary/aromatic N) is 1. The highest BCUT2D eigenvalue weighted by atomic mass is 16.4. The summed E-state index contributed by atoms with van der Waals surface area (Å²) in [6.45, 7) is 7.94. The second-order valence-corrected chi connectivity index (χ2v) is 9.52. The molecule has 4 N–H and O–H groups in total. The van der Waals surface area contributed by atoms with Gasteiger partial charge < -0.3 is 30.6 Å². The first-order valence-corrected chi connectivity index (χ1v) is 12.4. The molecule has 12 nitrogen and oxygen atoms in total. The van der Waals surface area contributed by atoms with Crippen molar-refractivity contribution in [2.75, 3.05) is 11.9 Å². The minimum Gasteiger partial charge on any atom is -0.423 e. The van der Waals surface area contributed by atoms with E-state index in [2.05, 4.69) is 21.3 Å². The van der Waals surface area contributed by atoms with Crippen molar-refractivity contribution in [1.29, 1.82) is 0 Å². The lowest BCUT2D eigenvalue weighted by atomic mass is 10.1. The maximum absolute atomic E-state index is 13.0. The molecule has 0 spiro atoms. The van der Waals surface area contributed by atoms with Crippen LogP contribution in [0.25, 0.3) is 11.0 Å². The van der Waals surface area contributed by atoms with E-state index in [0.29, 0.717) is 30.7 Å². The number of hydrogen-bond donors (Lipinski definition) is 4. The van der Waals surface area contributed by atoms with E-state index in [4.69, 9.17) is 4.42 Å². The molecule has 1 fully saturated rings. The highest BCUT2D eigenvalue weighted by molar-refractivity contribution is 6.00. The van der Waals surface area contributed by atoms with Gasteiger partial charge in [0.1, 0.15) is 29.8 Å². The fourth-order valence-electron chi connectivity index (χ4n) is 4.35. The molecule has 38 heavy (non-hydrogen) atoms. The quantitative estimate of drug-likeness (QED) is 0.364. The smallest absolute Gasteiger partial charge is 0.336 e. The van der Waals surface area contributed by atoms with Gasteiger partial charge in [-0.15, -0.1) is 0 Å². The Morgan fingerprint density at radius 3 is 2.32 bits per heavy atom. The van der Waals surface area contributed by atoms with Gasteiger partial charge in [-0.05, 0) is 58.2 Å². The number of aryl methyl sites for hydroxylation is 1. The zero-order valence-electron chi connectivity index (χ0n) is 22.0. The zero-order valence-corrected chi connectivity index (χ0v) is 22.0. The van der Waals surface area contributed by atoms with Gasteiger partial charge in [-0.25, -0.2) is 4.79 Å². The molecule has 4 atom stereocenters. The molecule has 1 aromatic carbocycles. The summed E-state index contributed by atoms with van der Waals surface area (Å²) in [5.74, 6) is -2.30. The third kappa shape index (κ3) is 6.75. The van der Waals surface area contributed by atoms with Gasteiger partial charge in [0.05, 0.1) is 0 Å². The van der Waals surface area contributed by atoms with Gasteiger partial charge in [0.25, 0.3) is 0 Å². The molecular weight excluding hydrogens is 494 g/mol. The molecule has 0 aliphatic carbocycles. The number of carbonyl (C=O) groups excluding carboxylic acids is 5. The Hall–Kier alpha value is -4.22. The van der Waals surface area contributed by atoms with Crippen molar-refractivity contribution in [1.82, 2.24) is 20.9 Å². The predicted molar refractivity (Wildman–Crippen MR) is 139 cm³/mol. The zero-order chi connectivity index (χ0) is 28.1. The number of amides is 5. The summed E-state index contributed by atoms with van der Waals surface area (Å²) in [7, 11) is 0. The van der Waals surface area contributed by atoms with Crippen LogP contribution in [-0.2, 0) is 24.0 Å². The van der Waals surface area contributed by atoms with Gasteiger partial charge in [-0.1, -0.05) is 0 Å². The van der Waals surface area contributed by atoms with E-state index in [-0.39, 0.29) is 5.91 Å². The van der Waals surface area contributed by atoms with E-state index in [0.717, 1.165) is 10.9 Å². The molecule has 0 saturated carbocycles.